The molecule has 1 saturated heterocycles. The summed E-state index contributed by atoms with van der Waals surface area (Å²) in [7, 11) is 2.27. The summed E-state index contributed by atoms with van der Waals surface area (Å²) in [5.74, 6) is -4.20. The number of fused-ring (bicyclic) bond motifs is 2. The maximum Gasteiger partial charge on any atom is 0.243 e. The van der Waals surface area contributed by atoms with E-state index in [0.717, 1.165) is 34.6 Å². The number of hydrogen-bond acceptors (Lipinski definition) is 10. The highest BCUT2D eigenvalue weighted by Crippen LogP contribution is 2.23. The predicted molar refractivity (Wildman–Crippen MR) is 238 cm³/mol. The number of aromatic nitrogens is 1. The summed E-state index contributed by atoms with van der Waals surface area (Å²) in [5, 5.41) is 18.0. The Morgan fingerprint density at radius 3 is 1.82 bits per heavy atom. The molecule has 1 aliphatic heterocycles. The molecule has 2 heterocycles. The standard InChI is InChI=1S/C16H25N7O7S2.C11H10.C9H9N.C4H11N3/c1-8(24)22-10-7-32-31-6-9(15(17)29)23-14(28)5-20-12(26)3-18-11(25)2-19-13(27)4-21-16(10)30;1-9-5-4-7-10-6-2-3-8-11(9)10;1-7-6-10-9-5-3-2-4-8(7)9;1-2-3-7-4(5)6/h9-10H,2-7H2,1H3,(H2,17,29)(H,18,25)(H,19,27)(H,20,26)(H,21,30)(H,22,24)(H,23,28);2-8H,1H3;2-6,10H,1H3;2-3H2,1H3,(H4,5,6,7)/t9-,10-;;;/m0.../s1. The van der Waals surface area contributed by atoms with E-state index in [9.17, 15) is 33.6 Å². The van der Waals surface area contributed by atoms with Gasteiger partial charge in [-0.3, -0.25) is 38.6 Å². The number of para-hydroxylation sites is 1. The SMILES string of the molecule is CC(=O)N[C@H]1CSSC[C@@H](C(N)=O)NC(=O)CNC(=O)CNC(=O)CNC(=O)CNC1=O.CCCN=C(N)N.Cc1c[nH]c2ccccc12.Cc1cccc2ccccc12. The molecule has 0 unspecified atom stereocenters. The average Bonchev–Trinajstić information content (AvgIpc) is 3.60. The van der Waals surface area contributed by atoms with Crippen LogP contribution in [0.3, 0.4) is 0 Å². The van der Waals surface area contributed by atoms with Gasteiger partial charge in [0.05, 0.1) is 26.2 Å². The second-order valence-electron chi connectivity index (χ2n) is 13.0. The Morgan fingerprint density at radius 2 is 1.27 bits per heavy atom. The Hall–Kier alpha value is -6.28. The van der Waals surface area contributed by atoms with Crippen molar-refractivity contribution in [2.24, 2.45) is 22.2 Å². The van der Waals surface area contributed by atoms with Crippen molar-refractivity contribution in [2.45, 2.75) is 46.2 Å². The van der Waals surface area contributed by atoms with Gasteiger partial charge in [-0.2, -0.15) is 0 Å². The van der Waals surface area contributed by atoms with Crippen molar-refractivity contribution >= 4 is 90.6 Å². The number of carbonyl (C=O) groups excluding carboxylic acids is 7. The summed E-state index contributed by atoms with van der Waals surface area (Å²) in [6, 6.07) is 21.1. The van der Waals surface area contributed by atoms with Crippen LogP contribution in [0.5, 0.6) is 0 Å². The molecule has 0 radical (unpaired) electrons. The van der Waals surface area contributed by atoms with Gasteiger partial charge in [0.15, 0.2) is 5.96 Å². The van der Waals surface area contributed by atoms with Crippen molar-refractivity contribution in [3.63, 3.8) is 0 Å². The number of carbonyl (C=O) groups is 7. The smallest absolute Gasteiger partial charge is 0.243 e. The fourth-order valence-electron chi connectivity index (χ4n) is 4.96. The second kappa shape index (κ2) is 27.4. The minimum atomic E-state index is -1.04. The molecule has 2 atom stereocenters. The van der Waals surface area contributed by atoms with Crippen molar-refractivity contribution in [2.75, 3.05) is 44.2 Å². The Kier molecular flexibility index (Phi) is 22.8. The van der Waals surface area contributed by atoms with Gasteiger partial charge in [0.2, 0.25) is 41.4 Å². The number of nitrogens with zero attached hydrogens (tertiary/aromatic N) is 1. The number of amides is 7. The van der Waals surface area contributed by atoms with Crippen LogP contribution >= 0.6 is 21.6 Å². The number of primary amides is 1. The molecule has 0 aliphatic carbocycles. The Labute approximate surface area is 356 Å². The summed E-state index contributed by atoms with van der Waals surface area (Å²) < 4.78 is 0. The summed E-state index contributed by atoms with van der Waals surface area (Å²) >= 11 is 0. The molecule has 0 saturated carbocycles. The van der Waals surface area contributed by atoms with Crippen LogP contribution in [0.2, 0.25) is 0 Å². The molecule has 1 aromatic heterocycles. The van der Waals surface area contributed by atoms with Gasteiger partial charge in [0, 0.05) is 42.1 Å². The van der Waals surface area contributed by atoms with E-state index in [4.69, 9.17) is 17.2 Å². The third-order valence-corrected chi connectivity index (χ3v) is 10.4. The molecule has 4 aromatic rings. The van der Waals surface area contributed by atoms with Crippen LogP contribution in [0.1, 0.15) is 31.4 Å². The van der Waals surface area contributed by atoms with Gasteiger partial charge in [0.25, 0.3) is 0 Å². The first-order valence-corrected chi connectivity index (χ1v) is 21.3. The summed E-state index contributed by atoms with van der Waals surface area (Å²) in [5.41, 5.74) is 19.2. The number of benzene rings is 3. The van der Waals surface area contributed by atoms with E-state index in [-0.39, 0.29) is 17.5 Å². The van der Waals surface area contributed by atoms with Gasteiger partial charge in [-0.1, -0.05) is 89.2 Å². The van der Waals surface area contributed by atoms with Gasteiger partial charge in [0.1, 0.15) is 12.1 Å². The molecule has 7 amide bonds. The van der Waals surface area contributed by atoms with Gasteiger partial charge in [-0.15, -0.1) is 0 Å². The van der Waals surface area contributed by atoms with E-state index in [1.54, 1.807) is 0 Å². The molecule has 1 aliphatic rings. The lowest BCUT2D eigenvalue weighted by Gasteiger charge is -2.18. The van der Waals surface area contributed by atoms with Gasteiger partial charge in [-0.05, 0) is 48.2 Å². The highest BCUT2D eigenvalue weighted by Gasteiger charge is 2.23. The molecule has 18 nitrogen and oxygen atoms in total. The number of aromatic amines is 1. The first-order valence-electron chi connectivity index (χ1n) is 18.8. The minimum absolute atomic E-state index is 0.0621. The molecule has 20 heteroatoms. The van der Waals surface area contributed by atoms with E-state index >= 15 is 0 Å². The predicted octanol–water partition coefficient (Wildman–Crippen LogP) is 0.615. The number of aliphatic imine (C=N–C) groups is 1. The van der Waals surface area contributed by atoms with Crippen LogP contribution in [-0.2, 0) is 33.6 Å². The molecule has 60 heavy (non-hydrogen) atoms. The van der Waals surface area contributed by atoms with Crippen molar-refractivity contribution in [1.82, 2.24) is 36.9 Å². The fraction of sp³-hybridized carbons (Fsp3) is 0.350. The highest BCUT2D eigenvalue weighted by molar-refractivity contribution is 8.76. The first-order chi connectivity index (χ1) is 28.6. The van der Waals surface area contributed by atoms with E-state index in [0.29, 0.717) is 0 Å². The lowest BCUT2D eigenvalue weighted by molar-refractivity contribution is -0.130. The average molecular weight is 866 g/mol. The number of rotatable bonds is 4. The molecule has 324 valence electrons. The van der Waals surface area contributed by atoms with Crippen molar-refractivity contribution in [3.05, 3.63) is 84.1 Å². The number of nitrogens with one attached hydrogen (secondary N) is 7. The lowest BCUT2D eigenvalue weighted by atomic mass is 10.1. The largest absolute Gasteiger partial charge is 0.370 e. The Bertz CT molecular complexity index is 2090. The Balaban J connectivity index is 0.000000350. The van der Waals surface area contributed by atoms with Crippen molar-refractivity contribution in [3.8, 4) is 0 Å². The summed E-state index contributed by atoms with van der Waals surface area (Å²) in [4.78, 5) is 89.3. The van der Waals surface area contributed by atoms with Crippen LogP contribution in [0.15, 0.2) is 77.9 Å². The molecule has 13 N–H and O–H groups in total. The molecule has 5 rings (SSSR count). The highest BCUT2D eigenvalue weighted by atomic mass is 33.1. The lowest BCUT2D eigenvalue weighted by Crippen LogP contribution is -2.51. The molecule has 3 aromatic carbocycles. The van der Waals surface area contributed by atoms with Crippen molar-refractivity contribution in [1.29, 1.82) is 0 Å². The maximum absolute atomic E-state index is 12.3. The van der Waals surface area contributed by atoms with Gasteiger partial charge < -0.3 is 54.1 Å². The van der Waals surface area contributed by atoms with Gasteiger partial charge in [-0.25, -0.2) is 0 Å². The van der Waals surface area contributed by atoms with Crippen LogP contribution < -0.4 is 49.1 Å². The van der Waals surface area contributed by atoms with E-state index < -0.39 is 79.6 Å². The minimum Gasteiger partial charge on any atom is -0.370 e. The third-order valence-electron chi connectivity index (χ3n) is 8.01. The monoisotopic (exact) mass is 865 g/mol. The number of guanidine groups is 1. The first kappa shape index (κ1) is 49.9. The summed E-state index contributed by atoms with van der Waals surface area (Å²) in [6.45, 7) is 6.47. The van der Waals surface area contributed by atoms with Gasteiger partial charge >= 0.3 is 0 Å². The number of hydrogen-bond donors (Lipinski definition) is 10. The van der Waals surface area contributed by atoms with Crippen LogP contribution in [-0.4, -0.2) is 109 Å². The Morgan fingerprint density at radius 1 is 0.717 bits per heavy atom. The van der Waals surface area contributed by atoms with E-state index in [1.165, 1.54) is 39.7 Å². The summed E-state index contributed by atoms with van der Waals surface area (Å²) in [6.07, 6.45) is 3.03. The number of nitrogens with two attached hydrogens (primary N) is 3. The third kappa shape index (κ3) is 19.9. The van der Waals surface area contributed by atoms with Crippen LogP contribution in [0.25, 0.3) is 21.7 Å². The quantitative estimate of drug-likeness (QED) is 0.0771. The molecular formula is C40H55N11O7S2. The zero-order chi connectivity index (χ0) is 44.5. The molecule has 1 fully saturated rings. The fourth-order valence-corrected chi connectivity index (χ4v) is 7.30. The van der Waals surface area contributed by atoms with Crippen LogP contribution in [0.4, 0.5) is 0 Å². The van der Waals surface area contributed by atoms with E-state index in [1.807, 2.05) is 19.2 Å². The molecule has 0 bridgehead atoms. The number of H-pyrrole nitrogens is 1. The maximum atomic E-state index is 12.3. The number of aryl methyl sites for hydroxylation is 2. The van der Waals surface area contributed by atoms with Crippen molar-refractivity contribution < 1.29 is 33.6 Å². The topological polar surface area (TPSA) is 298 Å². The van der Waals surface area contributed by atoms with E-state index in [2.05, 4.69) is 116 Å². The molecular weight excluding hydrogens is 811 g/mol. The molecule has 0 spiro atoms. The zero-order valence-electron chi connectivity index (χ0n) is 34.1. The van der Waals surface area contributed by atoms with Crippen LogP contribution in [0, 0.1) is 13.8 Å². The second-order valence-corrected chi connectivity index (χ2v) is 15.6. The zero-order valence-corrected chi connectivity index (χ0v) is 35.7. The normalized spacial score (nSPS) is 16.8.